The summed E-state index contributed by atoms with van der Waals surface area (Å²) >= 11 is 0. The SMILES string of the molecule is CC1(C)OC(=O)C[C@H]2NC(=O)[C@H]21. The van der Waals surface area contributed by atoms with Gasteiger partial charge in [-0.3, -0.25) is 9.59 Å². The first-order valence-electron chi connectivity index (χ1n) is 4.03. The largest absolute Gasteiger partial charge is 0.459 e. The van der Waals surface area contributed by atoms with Gasteiger partial charge in [-0.2, -0.15) is 0 Å². The van der Waals surface area contributed by atoms with E-state index in [1.807, 2.05) is 0 Å². The van der Waals surface area contributed by atoms with Crippen molar-refractivity contribution >= 4 is 11.9 Å². The molecule has 2 aliphatic rings. The molecule has 1 amide bonds. The Bertz CT molecular complexity index is 257. The highest BCUT2D eigenvalue weighted by atomic mass is 16.6. The number of cyclic esters (lactones) is 1. The molecule has 12 heavy (non-hydrogen) atoms. The molecule has 4 heteroatoms. The molecule has 0 radical (unpaired) electrons. The van der Waals surface area contributed by atoms with E-state index < -0.39 is 5.60 Å². The third-order valence-corrected chi connectivity index (χ3v) is 2.52. The van der Waals surface area contributed by atoms with E-state index in [4.69, 9.17) is 4.74 Å². The van der Waals surface area contributed by atoms with Crippen LogP contribution in [0.2, 0.25) is 0 Å². The van der Waals surface area contributed by atoms with Gasteiger partial charge in [0, 0.05) is 0 Å². The minimum absolute atomic E-state index is 0.00231. The van der Waals surface area contributed by atoms with Gasteiger partial charge in [-0.05, 0) is 13.8 Å². The molecule has 0 aromatic heterocycles. The minimum atomic E-state index is -0.623. The highest BCUT2D eigenvalue weighted by molar-refractivity contribution is 5.90. The van der Waals surface area contributed by atoms with Gasteiger partial charge < -0.3 is 10.1 Å². The van der Waals surface area contributed by atoms with Crippen LogP contribution in [0.5, 0.6) is 0 Å². The van der Waals surface area contributed by atoms with Crippen LogP contribution in [0.25, 0.3) is 0 Å². The van der Waals surface area contributed by atoms with Crippen molar-refractivity contribution in [2.45, 2.75) is 31.9 Å². The lowest BCUT2D eigenvalue weighted by atomic mass is 9.74. The lowest BCUT2D eigenvalue weighted by Crippen LogP contribution is -2.69. The maximum Gasteiger partial charge on any atom is 0.308 e. The number of carbonyl (C=O) groups excluding carboxylic acids is 2. The lowest BCUT2D eigenvalue weighted by molar-refractivity contribution is -0.186. The maximum atomic E-state index is 11.1. The van der Waals surface area contributed by atoms with Gasteiger partial charge in [-0.15, -0.1) is 0 Å². The van der Waals surface area contributed by atoms with Crippen LogP contribution in [0.3, 0.4) is 0 Å². The fourth-order valence-electron chi connectivity index (χ4n) is 1.99. The quantitative estimate of drug-likeness (QED) is 0.404. The zero-order chi connectivity index (χ0) is 8.93. The van der Waals surface area contributed by atoms with Crippen LogP contribution in [0.4, 0.5) is 0 Å². The smallest absolute Gasteiger partial charge is 0.308 e. The maximum absolute atomic E-state index is 11.1. The average molecular weight is 169 g/mol. The van der Waals surface area contributed by atoms with Crippen LogP contribution in [0.15, 0.2) is 0 Å². The van der Waals surface area contributed by atoms with Crippen LogP contribution < -0.4 is 5.32 Å². The van der Waals surface area contributed by atoms with E-state index in [1.165, 1.54) is 0 Å². The van der Waals surface area contributed by atoms with Crippen molar-refractivity contribution in [3.63, 3.8) is 0 Å². The molecular formula is C8H11NO3. The lowest BCUT2D eigenvalue weighted by Gasteiger charge is -2.48. The van der Waals surface area contributed by atoms with Crippen molar-refractivity contribution in [1.82, 2.24) is 5.32 Å². The number of hydrogen-bond acceptors (Lipinski definition) is 3. The number of β-lactam (4-membered cyclic amide) rings is 1. The van der Waals surface area contributed by atoms with Gasteiger partial charge in [0.15, 0.2) is 0 Å². The molecule has 0 saturated carbocycles. The van der Waals surface area contributed by atoms with E-state index in [0.717, 1.165) is 0 Å². The molecule has 66 valence electrons. The molecule has 0 unspecified atom stereocenters. The molecule has 2 saturated heterocycles. The Morgan fingerprint density at radius 1 is 1.50 bits per heavy atom. The molecule has 2 aliphatic heterocycles. The summed E-state index contributed by atoms with van der Waals surface area (Å²) in [6.07, 6.45) is 0.319. The summed E-state index contributed by atoms with van der Waals surface area (Å²) in [5.41, 5.74) is -0.623. The summed E-state index contributed by atoms with van der Waals surface area (Å²) in [7, 11) is 0. The van der Waals surface area contributed by atoms with Crippen LogP contribution in [0, 0.1) is 5.92 Å². The number of nitrogens with one attached hydrogen (secondary N) is 1. The predicted molar refractivity (Wildman–Crippen MR) is 40.2 cm³/mol. The first-order valence-corrected chi connectivity index (χ1v) is 4.03. The summed E-state index contributed by atoms with van der Waals surface area (Å²) in [6, 6.07) is 0.00810. The normalized spacial score (nSPS) is 37.5. The fourth-order valence-corrected chi connectivity index (χ4v) is 1.99. The number of esters is 1. The molecule has 0 aromatic rings. The van der Waals surface area contributed by atoms with E-state index in [2.05, 4.69) is 5.32 Å². The van der Waals surface area contributed by atoms with Gasteiger partial charge in [0.2, 0.25) is 5.91 Å². The van der Waals surface area contributed by atoms with E-state index >= 15 is 0 Å². The van der Waals surface area contributed by atoms with Crippen molar-refractivity contribution in [3.05, 3.63) is 0 Å². The Morgan fingerprint density at radius 2 is 2.17 bits per heavy atom. The van der Waals surface area contributed by atoms with E-state index in [-0.39, 0.29) is 23.8 Å². The third kappa shape index (κ3) is 0.838. The van der Waals surface area contributed by atoms with Gasteiger partial charge in [-0.25, -0.2) is 0 Å². The number of rotatable bonds is 0. The highest BCUT2D eigenvalue weighted by Gasteiger charge is 2.55. The van der Waals surface area contributed by atoms with Crippen LogP contribution in [-0.4, -0.2) is 23.5 Å². The zero-order valence-corrected chi connectivity index (χ0v) is 7.09. The Labute approximate surface area is 70.3 Å². The van der Waals surface area contributed by atoms with E-state index in [1.54, 1.807) is 13.8 Å². The molecule has 0 aliphatic carbocycles. The summed E-state index contributed by atoms with van der Waals surface area (Å²) in [4.78, 5) is 22.1. The minimum Gasteiger partial charge on any atom is -0.459 e. The number of hydrogen-bond donors (Lipinski definition) is 1. The average Bonchev–Trinajstić information content (AvgIpc) is 1.80. The van der Waals surface area contributed by atoms with E-state index in [0.29, 0.717) is 6.42 Å². The van der Waals surface area contributed by atoms with Gasteiger partial charge in [0.05, 0.1) is 18.4 Å². The molecule has 2 rings (SSSR count). The van der Waals surface area contributed by atoms with Crippen molar-refractivity contribution in [1.29, 1.82) is 0 Å². The van der Waals surface area contributed by atoms with Gasteiger partial charge >= 0.3 is 5.97 Å². The fraction of sp³-hybridized carbons (Fsp3) is 0.750. The second-order valence-corrected chi connectivity index (χ2v) is 3.87. The van der Waals surface area contributed by atoms with Gasteiger partial charge in [0.1, 0.15) is 5.60 Å². The van der Waals surface area contributed by atoms with Gasteiger partial charge in [0.25, 0.3) is 0 Å². The molecule has 2 atom stereocenters. The zero-order valence-electron chi connectivity index (χ0n) is 7.09. The topological polar surface area (TPSA) is 55.4 Å². The molecular weight excluding hydrogens is 158 g/mol. The summed E-state index contributed by atoms with van der Waals surface area (Å²) in [6.45, 7) is 3.56. The molecule has 0 spiro atoms. The Morgan fingerprint density at radius 3 is 2.67 bits per heavy atom. The number of fused-ring (bicyclic) bond motifs is 1. The molecule has 2 heterocycles. The molecule has 2 fully saturated rings. The van der Waals surface area contributed by atoms with E-state index in [9.17, 15) is 9.59 Å². The van der Waals surface area contributed by atoms with Crippen molar-refractivity contribution in [2.75, 3.05) is 0 Å². The van der Waals surface area contributed by atoms with Gasteiger partial charge in [-0.1, -0.05) is 0 Å². The monoisotopic (exact) mass is 169 g/mol. The summed E-state index contributed by atoms with van der Waals surface area (Å²) < 4.78 is 5.08. The summed E-state index contributed by atoms with van der Waals surface area (Å²) in [5.74, 6) is -0.367. The summed E-state index contributed by atoms with van der Waals surface area (Å²) in [5, 5.41) is 2.69. The second kappa shape index (κ2) is 2.00. The third-order valence-electron chi connectivity index (χ3n) is 2.52. The Kier molecular flexibility index (Phi) is 1.26. The van der Waals surface area contributed by atoms with Crippen LogP contribution >= 0.6 is 0 Å². The van der Waals surface area contributed by atoms with Crippen molar-refractivity contribution in [2.24, 2.45) is 5.92 Å². The molecule has 1 N–H and O–H groups in total. The number of carbonyl (C=O) groups is 2. The second-order valence-electron chi connectivity index (χ2n) is 3.87. The van der Waals surface area contributed by atoms with Crippen molar-refractivity contribution in [3.8, 4) is 0 Å². The molecule has 4 nitrogen and oxygen atoms in total. The first-order chi connectivity index (χ1) is 5.50. The molecule has 0 bridgehead atoms. The Hall–Kier alpha value is -1.06. The highest BCUT2D eigenvalue weighted by Crippen LogP contribution is 2.36. The standard InChI is InChI=1S/C8H11NO3/c1-8(2)6-4(9-7(6)11)3-5(10)12-8/h4,6H,3H2,1-2H3,(H,9,11)/t4-,6+/m1/s1. The van der Waals surface area contributed by atoms with Crippen LogP contribution in [-0.2, 0) is 14.3 Å². The predicted octanol–water partition coefficient (Wildman–Crippen LogP) is -0.174. The molecule has 0 aromatic carbocycles. The van der Waals surface area contributed by atoms with Crippen molar-refractivity contribution < 1.29 is 14.3 Å². The first kappa shape index (κ1) is 7.58. The number of ether oxygens (including phenoxy) is 1. The Balaban J connectivity index is 2.23. The number of amides is 1. The van der Waals surface area contributed by atoms with Crippen LogP contribution in [0.1, 0.15) is 20.3 Å².